The second kappa shape index (κ2) is 27.3. The van der Waals surface area contributed by atoms with Gasteiger partial charge in [0.2, 0.25) is 0 Å². The van der Waals surface area contributed by atoms with Crippen LogP contribution in [0, 0.1) is 12.0 Å². The van der Waals surface area contributed by atoms with E-state index in [1.54, 1.807) is 16.0 Å². The molecule has 0 spiro atoms. The van der Waals surface area contributed by atoms with E-state index in [9.17, 15) is 0 Å². The normalized spacial score (nSPS) is 14.2. The summed E-state index contributed by atoms with van der Waals surface area (Å²) in [4.78, 5) is 0. The van der Waals surface area contributed by atoms with Crippen molar-refractivity contribution in [3.8, 4) is 0 Å². The third-order valence-corrected chi connectivity index (χ3v) is 10.2. The Morgan fingerprint density at radius 1 is 0.585 bits per heavy atom. The van der Waals surface area contributed by atoms with E-state index >= 15 is 0 Å². The second-order valence-electron chi connectivity index (χ2n) is 11.4. The van der Waals surface area contributed by atoms with E-state index in [-0.39, 0.29) is 58.9 Å². The summed E-state index contributed by atoms with van der Waals surface area (Å²) in [5.41, 5.74) is 4.28. The van der Waals surface area contributed by atoms with Gasteiger partial charge in [0.15, 0.2) is 0 Å². The summed E-state index contributed by atoms with van der Waals surface area (Å²) in [5, 5.41) is 3.17. The van der Waals surface area contributed by atoms with Gasteiger partial charge in [-0.25, -0.2) is 0 Å². The molecule has 0 saturated carbocycles. The van der Waals surface area contributed by atoms with Crippen molar-refractivity contribution < 1.29 is 58.9 Å². The molecule has 0 amide bonds. The Morgan fingerprint density at radius 3 is 1.46 bits per heavy atom. The van der Waals surface area contributed by atoms with E-state index in [2.05, 4.69) is 80.6 Å². The Labute approximate surface area is 289 Å². The SMILES string of the molecule is CCCCCCCCCCCCCCCCCCC1C([SiH2]c2ccccc2)=[C-]C(c2ccccc2)=C1C.[Cl-].[Cl-].[Cl-].[Ti+4]. The molecule has 0 heterocycles. The first-order valence-corrected chi connectivity index (χ1v) is 17.1. The molecule has 1 aliphatic rings. The predicted molar refractivity (Wildman–Crippen MR) is 168 cm³/mol. The van der Waals surface area contributed by atoms with Crippen LogP contribution in [0.5, 0.6) is 0 Å². The largest absolute Gasteiger partial charge is 4.00 e. The smallest absolute Gasteiger partial charge is 1.00 e. The molecule has 226 valence electrons. The van der Waals surface area contributed by atoms with E-state index < -0.39 is 9.52 Å². The first kappa shape index (κ1) is 42.9. The van der Waals surface area contributed by atoms with Gasteiger partial charge in [-0.2, -0.15) is 17.2 Å². The third-order valence-electron chi connectivity index (χ3n) is 8.27. The van der Waals surface area contributed by atoms with Crippen molar-refractivity contribution in [2.24, 2.45) is 5.92 Å². The number of unbranched alkanes of at least 4 members (excludes halogenated alkanes) is 15. The maximum atomic E-state index is 3.92. The molecule has 0 aliphatic heterocycles. The minimum atomic E-state index is -0.454. The Morgan fingerprint density at radius 2 is 1.00 bits per heavy atom. The first-order valence-electron chi connectivity index (χ1n) is 15.7. The second-order valence-corrected chi connectivity index (χ2v) is 13.3. The van der Waals surface area contributed by atoms with E-state index in [1.807, 2.05) is 0 Å². The van der Waals surface area contributed by atoms with Crippen LogP contribution in [0.15, 0.2) is 71.4 Å². The van der Waals surface area contributed by atoms with Crippen LogP contribution in [0.2, 0.25) is 0 Å². The number of halogens is 3. The number of hydrogen-bond acceptors (Lipinski definition) is 0. The van der Waals surface area contributed by atoms with Crippen LogP contribution in [0.4, 0.5) is 0 Å². The first-order chi connectivity index (χ1) is 18.3. The van der Waals surface area contributed by atoms with Crippen LogP contribution in [0.1, 0.15) is 129 Å². The maximum Gasteiger partial charge on any atom is 4.00 e. The van der Waals surface area contributed by atoms with Gasteiger partial charge in [0, 0.05) is 0 Å². The van der Waals surface area contributed by atoms with Gasteiger partial charge in [0.25, 0.3) is 0 Å². The molecule has 0 radical (unpaired) electrons. The molecule has 0 bridgehead atoms. The Bertz CT molecular complexity index is 930. The van der Waals surface area contributed by atoms with Crippen LogP contribution in [0.3, 0.4) is 0 Å². The molecule has 0 fully saturated rings. The number of hydrogen-bond donors (Lipinski definition) is 0. The van der Waals surface area contributed by atoms with Crippen LogP contribution in [0.25, 0.3) is 5.57 Å². The van der Waals surface area contributed by atoms with E-state index in [4.69, 9.17) is 0 Å². The van der Waals surface area contributed by atoms with Gasteiger partial charge in [-0.05, 0) is 0 Å². The molecule has 2 aromatic carbocycles. The standard InChI is InChI=1S/C36H53Si.3ClH.Ti/c1-3-4-5-6-7-8-9-10-11-12-13-14-15-16-17-24-29-34-31(2)35(32-25-20-18-21-26-32)30-36(34)37-33-27-22-19-23-28-33;;;;/h18-23,25-28,34H,3-17,24,29,37H2,1-2H3;3*1H;/q-1;;;;+4/p-3. The van der Waals surface area contributed by atoms with Gasteiger partial charge in [-0.1, -0.05) is 183 Å². The molecule has 41 heavy (non-hydrogen) atoms. The van der Waals surface area contributed by atoms with Crippen LogP contribution in [-0.2, 0) is 21.7 Å². The molecule has 2 aromatic rings. The third kappa shape index (κ3) is 17.0. The van der Waals surface area contributed by atoms with Crippen molar-refractivity contribution in [1.82, 2.24) is 0 Å². The number of allylic oxidation sites excluding steroid dienone is 4. The monoisotopic (exact) mass is 666 g/mol. The van der Waals surface area contributed by atoms with Crippen molar-refractivity contribution >= 4 is 20.3 Å². The summed E-state index contributed by atoms with van der Waals surface area (Å²) < 4.78 is 0. The topological polar surface area (TPSA) is 0 Å². The summed E-state index contributed by atoms with van der Waals surface area (Å²) in [6, 6.07) is 22.1. The predicted octanol–water partition coefficient (Wildman–Crippen LogP) is 0.932. The van der Waals surface area contributed by atoms with Gasteiger partial charge in [-0.15, -0.1) is 22.9 Å². The molecule has 5 heteroatoms. The van der Waals surface area contributed by atoms with Gasteiger partial charge in [0.1, 0.15) is 0 Å². The van der Waals surface area contributed by atoms with Crippen molar-refractivity contribution in [3.63, 3.8) is 0 Å². The van der Waals surface area contributed by atoms with Crippen molar-refractivity contribution in [2.45, 2.75) is 123 Å². The molecule has 0 aromatic heterocycles. The van der Waals surface area contributed by atoms with Crippen molar-refractivity contribution in [2.75, 3.05) is 0 Å². The van der Waals surface area contributed by atoms with E-state index in [1.165, 1.54) is 120 Å². The summed E-state index contributed by atoms with van der Waals surface area (Å²) >= 11 is 0. The molecule has 3 rings (SSSR count). The average molecular weight is 668 g/mol. The molecular weight excluding hydrogens is 615 g/mol. The fraction of sp³-hybridized carbons (Fsp3) is 0.556. The molecule has 0 N–H and O–H groups in total. The van der Waals surface area contributed by atoms with Gasteiger partial charge in [0.05, 0.1) is 9.52 Å². The van der Waals surface area contributed by atoms with Crippen LogP contribution >= 0.6 is 0 Å². The fourth-order valence-corrected chi connectivity index (χ4v) is 7.93. The number of rotatable bonds is 20. The quantitative estimate of drug-likeness (QED) is 0.112. The van der Waals surface area contributed by atoms with Crippen molar-refractivity contribution in [1.29, 1.82) is 0 Å². The molecule has 1 unspecified atom stereocenters. The van der Waals surface area contributed by atoms with Gasteiger partial charge in [-0.3, -0.25) is 0 Å². The van der Waals surface area contributed by atoms with Crippen LogP contribution in [-0.4, -0.2) is 9.52 Å². The Kier molecular flexibility index (Phi) is 28.5. The zero-order valence-corrected chi connectivity index (χ0v) is 31.0. The summed E-state index contributed by atoms with van der Waals surface area (Å²) in [5.74, 6) is 0.619. The molecular formula is C36H53Cl3SiTi. The molecule has 1 aliphatic carbocycles. The van der Waals surface area contributed by atoms with Crippen LogP contribution < -0.4 is 42.4 Å². The van der Waals surface area contributed by atoms with E-state index in [0.717, 1.165) is 0 Å². The van der Waals surface area contributed by atoms with E-state index in [0.29, 0.717) is 5.92 Å². The molecule has 0 nitrogen and oxygen atoms in total. The summed E-state index contributed by atoms with van der Waals surface area (Å²) in [6.45, 7) is 4.68. The number of benzene rings is 2. The van der Waals surface area contributed by atoms with Crippen molar-refractivity contribution in [3.05, 3.63) is 83.1 Å². The minimum Gasteiger partial charge on any atom is -1.00 e. The zero-order valence-electron chi connectivity index (χ0n) is 25.7. The zero-order chi connectivity index (χ0) is 26.0. The maximum absolute atomic E-state index is 3.92. The minimum absolute atomic E-state index is 0. The fourth-order valence-electron chi connectivity index (χ4n) is 5.96. The average Bonchev–Trinajstić information content (AvgIpc) is 3.24. The summed E-state index contributed by atoms with van der Waals surface area (Å²) in [7, 11) is -0.454. The van der Waals surface area contributed by atoms with Gasteiger partial charge < -0.3 is 37.2 Å². The molecule has 1 atom stereocenters. The molecule has 0 saturated heterocycles. The Balaban J connectivity index is 0. The van der Waals surface area contributed by atoms with Gasteiger partial charge >= 0.3 is 21.7 Å². The summed E-state index contributed by atoms with van der Waals surface area (Å²) in [6.07, 6.45) is 28.2. The Hall–Kier alpha value is -0.279.